The average molecular weight is 242 g/mol. The number of hydrogen-bond acceptors (Lipinski definition) is 3. The molecule has 0 aromatic heterocycles. The summed E-state index contributed by atoms with van der Waals surface area (Å²) in [7, 11) is 0. The molecule has 17 heavy (non-hydrogen) atoms. The topological polar surface area (TPSA) is 35.5 Å². The third kappa shape index (κ3) is 4.97. The van der Waals surface area contributed by atoms with Gasteiger partial charge in [0.2, 0.25) is 0 Å². The molecule has 1 saturated carbocycles. The van der Waals surface area contributed by atoms with E-state index in [1.54, 1.807) is 0 Å². The highest BCUT2D eigenvalue weighted by Gasteiger charge is 2.27. The Labute approximate surface area is 105 Å². The molecule has 0 aromatic rings. The van der Waals surface area contributed by atoms with Crippen LogP contribution in [0.1, 0.15) is 60.3 Å². The molecule has 0 amide bonds. The summed E-state index contributed by atoms with van der Waals surface area (Å²) in [6.45, 7) is 10.3. The van der Waals surface area contributed by atoms with Crippen LogP contribution in [-0.4, -0.2) is 18.4 Å². The van der Waals surface area contributed by atoms with Crippen LogP contribution in [0.25, 0.3) is 0 Å². The van der Waals surface area contributed by atoms with Crippen molar-refractivity contribution in [1.29, 1.82) is 0 Å². The molecule has 0 spiro atoms. The lowest BCUT2D eigenvalue weighted by molar-refractivity contribution is -0.0354. The molecule has 0 aliphatic heterocycles. The smallest absolute Gasteiger partial charge is 0.431 e. The maximum Gasteiger partial charge on any atom is 0.508 e. The second kappa shape index (κ2) is 5.74. The van der Waals surface area contributed by atoms with Crippen LogP contribution in [0.3, 0.4) is 0 Å². The monoisotopic (exact) mass is 242 g/mol. The first kappa shape index (κ1) is 14.3. The van der Waals surface area contributed by atoms with E-state index in [1.165, 1.54) is 0 Å². The van der Waals surface area contributed by atoms with Crippen molar-refractivity contribution in [1.82, 2.24) is 0 Å². The van der Waals surface area contributed by atoms with Crippen molar-refractivity contribution in [3.8, 4) is 0 Å². The molecule has 1 aliphatic rings. The lowest BCUT2D eigenvalue weighted by Gasteiger charge is -2.29. The van der Waals surface area contributed by atoms with E-state index in [9.17, 15) is 4.79 Å². The van der Waals surface area contributed by atoms with E-state index in [0.29, 0.717) is 0 Å². The van der Waals surface area contributed by atoms with E-state index in [0.717, 1.165) is 31.6 Å². The first-order valence-corrected chi connectivity index (χ1v) is 6.66. The van der Waals surface area contributed by atoms with Gasteiger partial charge in [0.1, 0.15) is 12.2 Å². The van der Waals surface area contributed by atoms with Crippen LogP contribution in [0.15, 0.2) is 0 Å². The Bertz CT molecular complexity index is 247. The van der Waals surface area contributed by atoms with Crippen molar-refractivity contribution in [3.05, 3.63) is 0 Å². The van der Waals surface area contributed by atoms with Crippen LogP contribution >= 0.6 is 0 Å². The van der Waals surface area contributed by atoms with Crippen LogP contribution < -0.4 is 0 Å². The molecule has 0 N–H and O–H groups in total. The minimum Gasteiger partial charge on any atom is -0.431 e. The Morgan fingerprint density at radius 3 is 2.18 bits per heavy atom. The van der Waals surface area contributed by atoms with Gasteiger partial charge >= 0.3 is 6.16 Å². The fourth-order valence-corrected chi connectivity index (χ4v) is 1.83. The van der Waals surface area contributed by atoms with Gasteiger partial charge in [0.15, 0.2) is 0 Å². The first-order chi connectivity index (χ1) is 7.79. The number of rotatable bonds is 2. The van der Waals surface area contributed by atoms with E-state index in [4.69, 9.17) is 9.47 Å². The Morgan fingerprint density at radius 2 is 1.71 bits per heavy atom. The van der Waals surface area contributed by atoms with Crippen LogP contribution in [0, 0.1) is 11.3 Å². The Balaban J connectivity index is 2.30. The average Bonchev–Trinajstić information content (AvgIpc) is 2.20. The molecule has 0 radical (unpaired) electrons. The Hall–Kier alpha value is -0.730. The van der Waals surface area contributed by atoms with Crippen molar-refractivity contribution >= 4 is 6.16 Å². The molecule has 0 bridgehead atoms. The van der Waals surface area contributed by atoms with Gasteiger partial charge in [0.05, 0.1) is 0 Å². The molecule has 3 heteroatoms. The zero-order valence-electron chi connectivity index (χ0n) is 11.8. The lowest BCUT2D eigenvalue weighted by atomic mass is 9.89. The fourth-order valence-electron chi connectivity index (χ4n) is 1.83. The second-order valence-corrected chi connectivity index (χ2v) is 6.38. The highest BCUT2D eigenvalue weighted by Crippen LogP contribution is 2.27. The van der Waals surface area contributed by atoms with E-state index in [2.05, 4.69) is 6.92 Å². The summed E-state index contributed by atoms with van der Waals surface area (Å²) in [5.74, 6) is 0.763. The quantitative estimate of drug-likeness (QED) is 0.682. The number of carbonyl (C=O) groups is 1. The first-order valence-electron chi connectivity index (χ1n) is 6.66. The lowest BCUT2D eigenvalue weighted by Crippen LogP contribution is -2.31. The zero-order chi connectivity index (χ0) is 13.1. The predicted octanol–water partition coefficient (Wildman–Crippen LogP) is 4.15. The molecule has 0 saturated heterocycles. The molecule has 3 nitrogen and oxygen atoms in total. The van der Waals surface area contributed by atoms with Gasteiger partial charge in [-0.15, -0.1) is 0 Å². The van der Waals surface area contributed by atoms with Gasteiger partial charge in [-0.3, -0.25) is 0 Å². The maximum atomic E-state index is 11.6. The largest absolute Gasteiger partial charge is 0.508 e. The van der Waals surface area contributed by atoms with Crippen LogP contribution in [-0.2, 0) is 9.47 Å². The Morgan fingerprint density at radius 1 is 1.18 bits per heavy atom. The summed E-state index contributed by atoms with van der Waals surface area (Å²) in [6.07, 6.45) is 3.66. The summed E-state index contributed by atoms with van der Waals surface area (Å²) in [6, 6.07) is 0. The molecule has 100 valence electrons. The Kier molecular flexibility index (Phi) is 4.84. The van der Waals surface area contributed by atoms with Gasteiger partial charge in [-0.25, -0.2) is 4.79 Å². The van der Waals surface area contributed by atoms with E-state index >= 15 is 0 Å². The molecule has 1 atom stereocenters. The van der Waals surface area contributed by atoms with Gasteiger partial charge in [-0.1, -0.05) is 27.7 Å². The van der Waals surface area contributed by atoms with E-state index in [1.807, 2.05) is 27.7 Å². The zero-order valence-corrected chi connectivity index (χ0v) is 11.8. The standard InChI is InChI=1S/C14H26O3/c1-10-6-8-12(9-7-10)17-13(15)16-11(2)14(3,4)5/h10-12H,6-9H2,1-5H3/t10?,11-,12?/m1/s1. The van der Waals surface area contributed by atoms with Gasteiger partial charge < -0.3 is 9.47 Å². The van der Waals surface area contributed by atoms with Crippen LogP contribution in [0.4, 0.5) is 4.79 Å². The molecular formula is C14H26O3. The van der Waals surface area contributed by atoms with Crippen molar-refractivity contribution < 1.29 is 14.3 Å². The third-order valence-corrected chi connectivity index (χ3v) is 3.72. The highest BCUT2D eigenvalue weighted by molar-refractivity contribution is 5.60. The predicted molar refractivity (Wildman–Crippen MR) is 67.9 cm³/mol. The fraction of sp³-hybridized carbons (Fsp3) is 0.929. The summed E-state index contributed by atoms with van der Waals surface area (Å²) in [5, 5.41) is 0. The van der Waals surface area contributed by atoms with Crippen LogP contribution in [0.2, 0.25) is 0 Å². The minimum atomic E-state index is -0.507. The molecular weight excluding hydrogens is 216 g/mol. The van der Waals surface area contributed by atoms with Crippen molar-refractivity contribution in [2.75, 3.05) is 0 Å². The van der Waals surface area contributed by atoms with Crippen molar-refractivity contribution in [2.45, 2.75) is 72.5 Å². The van der Waals surface area contributed by atoms with Crippen molar-refractivity contribution in [2.24, 2.45) is 11.3 Å². The van der Waals surface area contributed by atoms with Gasteiger partial charge in [0.25, 0.3) is 0 Å². The summed E-state index contributed by atoms with van der Waals surface area (Å²) in [4.78, 5) is 11.6. The number of hydrogen-bond donors (Lipinski definition) is 0. The minimum absolute atomic E-state index is 0.0416. The summed E-state index contributed by atoms with van der Waals surface area (Å²) in [5.41, 5.74) is -0.0416. The molecule has 1 aliphatic carbocycles. The van der Waals surface area contributed by atoms with Crippen molar-refractivity contribution in [3.63, 3.8) is 0 Å². The van der Waals surface area contributed by atoms with Gasteiger partial charge in [-0.05, 0) is 43.9 Å². The third-order valence-electron chi connectivity index (χ3n) is 3.72. The molecule has 1 fully saturated rings. The molecule has 0 unspecified atom stereocenters. The summed E-state index contributed by atoms with van der Waals surface area (Å²) < 4.78 is 10.6. The van der Waals surface area contributed by atoms with Gasteiger partial charge in [0, 0.05) is 0 Å². The molecule has 0 heterocycles. The maximum absolute atomic E-state index is 11.6. The molecule has 1 rings (SSSR count). The number of ether oxygens (including phenoxy) is 2. The van der Waals surface area contributed by atoms with E-state index in [-0.39, 0.29) is 17.6 Å². The SMILES string of the molecule is CC1CCC(OC(=O)O[C@H](C)C(C)(C)C)CC1. The van der Waals surface area contributed by atoms with E-state index < -0.39 is 6.16 Å². The van der Waals surface area contributed by atoms with Gasteiger partial charge in [-0.2, -0.15) is 0 Å². The number of carbonyl (C=O) groups excluding carboxylic acids is 1. The summed E-state index contributed by atoms with van der Waals surface area (Å²) >= 11 is 0. The second-order valence-electron chi connectivity index (χ2n) is 6.38. The van der Waals surface area contributed by atoms with Crippen LogP contribution in [0.5, 0.6) is 0 Å². The highest BCUT2D eigenvalue weighted by atomic mass is 16.7. The molecule has 0 aromatic carbocycles. The normalized spacial score (nSPS) is 27.4.